The molecule has 0 unspecified atom stereocenters. The predicted molar refractivity (Wildman–Crippen MR) is 73.0 cm³/mol. The summed E-state index contributed by atoms with van der Waals surface area (Å²) in [6.45, 7) is 0. The predicted octanol–water partition coefficient (Wildman–Crippen LogP) is 2.80. The van der Waals surface area contributed by atoms with Crippen LogP contribution in [-0.2, 0) is 9.53 Å². The number of benzene rings is 1. The second-order valence-corrected chi connectivity index (χ2v) is 4.89. The molecule has 0 bridgehead atoms. The quantitative estimate of drug-likeness (QED) is 0.830. The van der Waals surface area contributed by atoms with Crippen molar-refractivity contribution >= 4 is 5.97 Å². The first-order valence-corrected chi connectivity index (χ1v) is 6.56. The Hall–Kier alpha value is -1.79. The molecule has 0 amide bonds. The largest absolute Gasteiger partial charge is 0.472 e. The van der Waals surface area contributed by atoms with Gasteiger partial charge in [-0.2, -0.15) is 0 Å². The normalized spacial score (nSPS) is 22.4. The van der Waals surface area contributed by atoms with Gasteiger partial charge in [0.15, 0.2) is 0 Å². The molecule has 1 N–H and O–H groups in total. The molecule has 1 fully saturated rings. The zero-order valence-electron chi connectivity index (χ0n) is 11.1. The van der Waals surface area contributed by atoms with Crippen molar-refractivity contribution in [3.05, 3.63) is 35.4 Å². The lowest BCUT2D eigenvalue weighted by molar-refractivity contribution is -0.130. The topological polar surface area (TPSA) is 46.5 Å². The Balaban J connectivity index is 2.00. The van der Waals surface area contributed by atoms with E-state index in [0.717, 1.165) is 31.2 Å². The fourth-order valence-corrected chi connectivity index (χ4v) is 2.60. The first kappa shape index (κ1) is 13.6. The minimum Gasteiger partial charge on any atom is -0.472 e. The third-order valence-corrected chi connectivity index (χ3v) is 3.70. The maximum absolute atomic E-state index is 10.4. The molecule has 1 aromatic rings. The van der Waals surface area contributed by atoms with Crippen molar-refractivity contribution < 1.29 is 14.6 Å². The van der Waals surface area contributed by atoms with E-state index in [0.29, 0.717) is 12.0 Å². The van der Waals surface area contributed by atoms with E-state index < -0.39 is 5.97 Å². The molecular formula is C16H18O3. The van der Waals surface area contributed by atoms with Crippen molar-refractivity contribution in [2.24, 2.45) is 0 Å². The smallest absolute Gasteiger partial charge is 0.382 e. The highest BCUT2D eigenvalue weighted by Gasteiger charge is 2.21. The molecule has 1 aromatic carbocycles. The Labute approximate surface area is 113 Å². The summed E-state index contributed by atoms with van der Waals surface area (Å²) in [4.78, 5) is 10.4. The van der Waals surface area contributed by atoms with E-state index in [4.69, 9.17) is 9.84 Å². The molecule has 0 spiro atoms. The average Bonchev–Trinajstić information content (AvgIpc) is 2.46. The molecule has 0 heterocycles. The van der Waals surface area contributed by atoms with E-state index in [2.05, 4.69) is 24.0 Å². The van der Waals surface area contributed by atoms with Crippen LogP contribution in [-0.4, -0.2) is 24.3 Å². The van der Waals surface area contributed by atoms with Crippen LogP contribution in [0.1, 0.15) is 42.7 Å². The number of ether oxygens (including phenoxy) is 1. The van der Waals surface area contributed by atoms with Crippen LogP contribution in [0, 0.1) is 11.8 Å². The summed E-state index contributed by atoms with van der Waals surface area (Å²) in [5.74, 6) is 4.24. The Morgan fingerprint density at radius 1 is 1.21 bits per heavy atom. The minimum absolute atomic E-state index is 0.414. The maximum atomic E-state index is 10.4. The van der Waals surface area contributed by atoms with Crippen LogP contribution in [0.15, 0.2) is 24.3 Å². The van der Waals surface area contributed by atoms with Gasteiger partial charge in [0.25, 0.3) is 0 Å². The monoisotopic (exact) mass is 258 g/mol. The molecule has 0 radical (unpaired) electrons. The second kappa shape index (κ2) is 6.40. The average molecular weight is 258 g/mol. The summed E-state index contributed by atoms with van der Waals surface area (Å²) in [5, 5.41) is 8.50. The molecule has 1 saturated carbocycles. The van der Waals surface area contributed by atoms with Gasteiger partial charge >= 0.3 is 5.97 Å². The number of methoxy groups -OCH3 is 1. The molecule has 2 rings (SSSR count). The van der Waals surface area contributed by atoms with Crippen LogP contribution in [0.4, 0.5) is 0 Å². The van der Waals surface area contributed by atoms with Gasteiger partial charge < -0.3 is 9.84 Å². The van der Waals surface area contributed by atoms with E-state index in [1.165, 1.54) is 5.56 Å². The molecule has 19 heavy (non-hydrogen) atoms. The van der Waals surface area contributed by atoms with Gasteiger partial charge in [-0.05, 0) is 49.3 Å². The van der Waals surface area contributed by atoms with Crippen molar-refractivity contribution in [1.29, 1.82) is 0 Å². The number of aliphatic carboxylic acids is 1. The number of carboxylic acids is 1. The lowest BCUT2D eigenvalue weighted by Gasteiger charge is -2.27. The lowest BCUT2D eigenvalue weighted by atomic mass is 9.82. The third kappa shape index (κ3) is 3.84. The maximum Gasteiger partial charge on any atom is 0.382 e. The van der Waals surface area contributed by atoms with Crippen LogP contribution in [0.2, 0.25) is 0 Å². The van der Waals surface area contributed by atoms with E-state index in [9.17, 15) is 4.79 Å². The summed E-state index contributed by atoms with van der Waals surface area (Å²) in [5.41, 5.74) is 2.06. The van der Waals surface area contributed by atoms with Gasteiger partial charge in [-0.3, -0.25) is 0 Å². The van der Waals surface area contributed by atoms with Gasteiger partial charge in [-0.15, -0.1) is 0 Å². The van der Waals surface area contributed by atoms with Crippen LogP contribution in [0.3, 0.4) is 0 Å². The van der Waals surface area contributed by atoms with Crippen molar-refractivity contribution in [3.8, 4) is 11.8 Å². The third-order valence-electron chi connectivity index (χ3n) is 3.70. The van der Waals surface area contributed by atoms with E-state index >= 15 is 0 Å². The molecule has 100 valence electrons. The lowest BCUT2D eigenvalue weighted by Crippen LogP contribution is -2.19. The summed E-state index contributed by atoms with van der Waals surface area (Å²) in [7, 11) is 1.78. The standard InChI is InChI=1S/C16H18O3/c1-19-15-9-7-14(8-10-15)13-5-2-12(3-6-13)4-11-16(17)18/h2-3,5-6,14-15H,7-10H2,1H3,(H,17,18). The Morgan fingerprint density at radius 2 is 1.84 bits per heavy atom. The molecule has 1 aliphatic rings. The summed E-state index contributed by atoms with van der Waals surface area (Å²) in [6.07, 6.45) is 4.94. The molecule has 0 saturated heterocycles. The van der Waals surface area contributed by atoms with Gasteiger partial charge in [-0.1, -0.05) is 18.1 Å². The Bertz CT molecular complexity index is 485. The molecular weight excluding hydrogens is 240 g/mol. The number of hydrogen-bond donors (Lipinski definition) is 1. The minimum atomic E-state index is -1.10. The zero-order chi connectivity index (χ0) is 13.7. The molecule has 3 nitrogen and oxygen atoms in total. The molecule has 0 aliphatic heterocycles. The van der Waals surface area contributed by atoms with Gasteiger partial charge in [0, 0.05) is 18.6 Å². The SMILES string of the molecule is COC1CCC(c2ccc(C#CC(=O)O)cc2)CC1. The van der Waals surface area contributed by atoms with Gasteiger partial charge in [0.05, 0.1) is 6.10 Å². The van der Waals surface area contributed by atoms with E-state index in [-0.39, 0.29) is 0 Å². The highest BCUT2D eigenvalue weighted by molar-refractivity contribution is 5.87. The summed E-state index contributed by atoms with van der Waals surface area (Å²) in [6, 6.07) is 7.91. The molecule has 3 heteroatoms. The fraction of sp³-hybridized carbons (Fsp3) is 0.438. The second-order valence-electron chi connectivity index (χ2n) is 4.89. The molecule has 0 aromatic heterocycles. The number of carboxylic acid groups (broad SMARTS) is 1. The van der Waals surface area contributed by atoms with Crippen molar-refractivity contribution in [3.63, 3.8) is 0 Å². The highest BCUT2D eigenvalue weighted by Crippen LogP contribution is 2.33. The zero-order valence-corrected chi connectivity index (χ0v) is 11.1. The first-order chi connectivity index (χ1) is 9.19. The molecule has 1 aliphatic carbocycles. The van der Waals surface area contributed by atoms with Gasteiger partial charge in [-0.25, -0.2) is 4.79 Å². The van der Waals surface area contributed by atoms with Crippen molar-refractivity contribution in [2.45, 2.75) is 37.7 Å². The number of carbonyl (C=O) groups is 1. The number of hydrogen-bond acceptors (Lipinski definition) is 2. The number of rotatable bonds is 2. The van der Waals surface area contributed by atoms with Crippen LogP contribution in [0.25, 0.3) is 0 Å². The van der Waals surface area contributed by atoms with E-state index in [1.54, 1.807) is 7.11 Å². The van der Waals surface area contributed by atoms with E-state index in [1.807, 2.05) is 12.1 Å². The van der Waals surface area contributed by atoms with Crippen molar-refractivity contribution in [1.82, 2.24) is 0 Å². The molecule has 0 atom stereocenters. The summed E-state index contributed by atoms with van der Waals surface area (Å²) < 4.78 is 5.37. The Kier molecular flexibility index (Phi) is 4.59. The Morgan fingerprint density at radius 3 is 2.37 bits per heavy atom. The fourth-order valence-electron chi connectivity index (χ4n) is 2.60. The summed E-state index contributed by atoms with van der Waals surface area (Å²) >= 11 is 0. The highest BCUT2D eigenvalue weighted by atomic mass is 16.5. The van der Waals surface area contributed by atoms with Crippen LogP contribution in [0.5, 0.6) is 0 Å². The van der Waals surface area contributed by atoms with Crippen molar-refractivity contribution in [2.75, 3.05) is 7.11 Å². The van der Waals surface area contributed by atoms with Crippen LogP contribution < -0.4 is 0 Å². The first-order valence-electron chi connectivity index (χ1n) is 6.56. The van der Waals surface area contributed by atoms with Crippen LogP contribution >= 0.6 is 0 Å². The van der Waals surface area contributed by atoms with Gasteiger partial charge in [0.2, 0.25) is 0 Å². The van der Waals surface area contributed by atoms with Gasteiger partial charge in [0.1, 0.15) is 0 Å².